The molecular weight excluding hydrogens is 498 g/mol. The van der Waals surface area contributed by atoms with E-state index in [4.69, 9.17) is 9.47 Å². The molecule has 1 fully saturated rings. The maximum atomic E-state index is 14.1. The average Bonchev–Trinajstić information content (AvgIpc) is 3.58. The molecule has 9 heteroatoms. The summed E-state index contributed by atoms with van der Waals surface area (Å²) in [6.07, 6.45) is 7.95. The molecule has 0 radical (unpaired) electrons. The van der Waals surface area contributed by atoms with Crippen molar-refractivity contribution in [2.45, 2.75) is 102 Å². The monoisotopic (exact) mass is 539 g/mol. The number of allylic oxidation sites excluding steroid dienone is 1. The standard InChI is InChI=1S/C30H41N3O6/c1-5-38-27(36)30-18-22(30)15-9-7-6-8-10-16-23(31-28(37)39-29(2,3)4)26(35)33-19-21-14-12-11-13-20(21)17-24(33)25(34)32-30/h9,11-15,22-24H,5-8,10,16-19H2,1-4H3,(H,31,37)(H,32,34)/b15-9-/t22-,23+,24?,30-/m1/s1. The Morgan fingerprint density at radius 1 is 1.13 bits per heavy atom. The van der Waals surface area contributed by atoms with Gasteiger partial charge in [0.2, 0.25) is 11.8 Å². The highest BCUT2D eigenvalue weighted by molar-refractivity contribution is 5.96. The van der Waals surface area contributed by atoms with Crippen molar-refractivity contribution in [2.75, 3.05) is 6.61 Å². The number of esters is 1. The van der Waals surface area contributed by atoms with E-state index in [9.17, 15) is 19.2 Å². The number of ether oxygens (including phenoxy) is 2. The SMILES string of the molecule is CCOC(=O)[C@@]12C[C@H]1/C=C\CCCCC[C@H](NC(=O)OC(C)(C)C)C(=O)N1Cc3ccccc3CC1C(=O)N2. The van der Waals surface area contributed by atoms with Crippen LogP contribution in [0.2, 0.25) is 0 Å². The molecule has 2 N–H and O–H groups in total. The van der Waals surface area contributed by atoms with Gasteiger partial charge < -0.3 is 25.0 Å². The van der Waals surface area contributed by atoms with Crippen molar-refractivity contribution in [3.63, 3.8) is 0 Å². The summed E-state index contributed by atoms with van der Waals surface area (Å²) in [6.45, 7) is 7.49. The average molecular weight is 540 g/mol. The molecular formula is C30H41N3O6. The van der Waals surface area contributed by atoms with Gasteiger partial charge in [-0.25, -0.2) is 9.59 Å². The van der Waals surface area contributed by atoms with Gasteiger partial charge in [0, 0.05) is 18.9 Å². The fraction of sp³-hybridized carbons (Fsp3) is 0.600. The first-order valence-corrected chi connectivity index (χ1v) is 14.1. The van der Waals surface area contributed by atoms with Crippen LogP contribution in [0.1, 0.15) is 77.3 Å². The number of alkyl carbamates (subject to hydrolysis) is 1. The molecule has 1 aromatic rings. The summed E-state index contributed by atoms with van der Waals surface area (Å²) in [6, 6.07) is 6.05. The van der Waals surface area contributed by atoms with Gasteiger partial charge in [-0.2, -0.15) is 0 Å². The Morgan fingerprint density at radius 2 is 1.87 bits per heavy atom. The van der Waals surface area contributed by atoms with Crippen LogP contribution in [0.3, 0.4) is 0 Å². The largest absolute Gasteiger partial charge is 0.464 e. The number of hydrogen-bond acceptors (Lipinski definition) is 6. The second-order valence-corrected chi connectivity index (χ2v) is 11.7. The van der Waals surface area contributed by atoms with E-state index in [1.165, 1.54) is 0 Å². The van der Waals surface area contributed by atoms with E-state index >= 15 is 0 Å². The summed E-state index contributed by atoms with van der Waals surface area (Å²) in [7, 11) is 0. The first-order chi connectivity index (χ1) is 18.5. The molecule has 3 aliphatic rings. The Labute approximate surface area is 230 Å². The highest BCUT2D eigenvalue weighted by Gasteiger charge is 2.62. The van der Waals surface area contributed by atoms with Crippen LogP contribution in [0.25, 0.3) is 0 Å². The number of benzene rings is 1. The lowest BCUT2D eigenvalue weighted by Gasteiger charge is -2.38. The summed E-state index contributed by atoms with van der Waals surface area (Å²) >= 11 is 0. The van der Waals surface area contributed by atoms with Gasteiger partial charge in [-0.05, 0) is 64.5 Å². The lowest BCUT2D eigenvalue weighted by molar-refractivity contribution is -0.151. The van der Waals surface area contributed by atoms with Gasteiger partial charge in [-0.3, -0.25) is 9.59 Å². The third-order valence-corrected chi connectivity index (χ3v) is 7.56. The smallest absolute Gasteiger partial charge is 0.408 e. The Bertz CT molecular complexity index is 1130. The minimum absolute atomic E-state index is 0.146. The van der Waals surface area contributed by atoms with Gasteiger partial charge in [-0.15, -0.1) is 0 Å². The predicted molar refractivity (Wildman–Crippen MR) is 145 cm³/mol. The fourth-order valence-corrected chi connectivity index (χ4v) is 5.46. The third-order valence-electron chi connectivity index (χ3n) is 7.56. The van der Waals surface area contributed by atoms with E-state index in [-0.39, 0.29) is 25.0 Å². The zero-order chi connectivity index (χ0) is 28.2. The fourth-order valence-electron chi connectivity index (χ4n) is 5.46. The number of carbonyl (C=O) groups excluding carboxylic acids is 4. The van der Waals surface area contributed by atoms with Crippen molar-refractivity contribution in [3.8, 4) is 0 Å². The van der Waals surface area contributed by atoms with Gasteiger partial charge >= 0.3 is 12.1 Å². The lowest BCUT2D eigenvalue weighted by Crippen LogP contribution is -2.60. The van der Waals surface area contributed by atoms with Crippen LogP contribution in [-0.4, -0.2) is 58.6 Å². The number of nitrogens with zero attached hydrogens (tertiary/aromatic N) is 1. The summed E-state index contributed by atoms with van der Waals surface area (Å²) in [5, 5.41) is 5.76. The second-order valence-electron chi connectivity index (χ2n) is 11.7. The summed E-state index contributed by atoms with van der Waals surface area (Å²) in [4.78, 5) is 55.2. The first kappa shape index (κ1) is 28.6. The second kappa shape index (κ2) is 11.8. The Morgan fingerprint density at radius 3 is 2.59 bits per heavy atom. The van der Waals surface area contributed by atoms with Crippen molar-refractivity contribution in [3.05, 3.63) is 47.5 Å². The maximum Gasteiger partial charge on any atom is 0.408 e. The molecule has 1 aliphatic carbocycles. The number of fused-ring (bicyclic) bond motifs is 3. The molecule has 1 unspecified atom stereocenters. The van der Waals surface area contributed by atoms with Crippen LogP contribution in [0.15, 0.2) is 36.4 Å². The highest BCUT2D eigenvalue weighted by Crippen LogP contribution is 2.46. The van der Waals surface area contributed by atoms with Crippen LogP contribution in [0.5, 0.6) is 0 Å². The highest BCUT2D eigenvalue weighted by atomic mass is 16.6. The van der Waals surface area contributed by atoms with Crippen LogP contribution in [-0.2, 0) is 36.8 Å². The number of carbonyl (C=O) groups is 4. The van der Waals surface area contributed by atoms with Crippen LogP contribution in [0.4, 0.5) is 4.79 Å². The minimum Gasteiger partial charge on any atom is -0.464 e. The van der Waals surface area contributed by atoms with E-state index in [2.05, 4.69) is 16.7 Å². The van der Waals surface area contributed by atoms with Crippen LogP contribution in [0, 0.1) is 5.92 Å². The molecule has 212 valence electrons. The topological polar surface area (TPSA) is 114 Å². The van der Waals surface area contributed by atoms with E-state index in [0.29, 0.717) is 19.3 Å². The van der Waals surface area contributed by atoms with Gasteiger partial charge in [0.15, 0.2) is 0 Å². The van der Waals surface area contributed by atoms with E-state index in [1.807, 2.05) is 30.3 Å². The molecule has 39 heavy (non-hydrogen) atoms. The molecule has 4 atom stereocenters. The summed E-state index contributed by atoms with van der Waals surface area (Å²) in [5.74, 6) is -1.32. The Hall–Kier alpha value is -3.36. The normalized spacial score (nSPS) is 28.3. The van der Waals surface area contributed by atoms with Gasteiger partial charge in [0.1, 0.15) is 23.2 Å². The Balaban J connectivity index is 1.66. The number of rotatable bonds is 3. The molecule has 2 heterocycles. The predicted octanol–water partition coefficient (Wildman–Crippen LogP) is 3.79. The first-order valence-electron chi connectivity index (χ1n) is 14.1. The number of amides is 3. The summed E-state index contributed by atoms with van der Waals surface area (Å²) < 4.78 is 10.8. The van der Waals surface area contributed by atoms with E-state index in [1.54, 1.807) is 32.6 Å². The maximum absolute atomic E-state index is 14.1. The van der Waals surface area contributed by atoms with E-state index < -0.39 is 41.2 Å². The third kappa shape index (κ3) is 6.81. The molecule has 0 spiro atoms. The summed E-state index contributed by atoms with van der Waals surface area (Å²) in [5.41, 5.74) is 0.0993. The minimum atomic E-state index is -1.12. The Kier molecular flexibility index (Phi) is 8.67. The van der Waals surface area contributed by atoms with Crippen molar-refractivity contribution in [1.29, 1.82) is 0 Å². The number of hydrogen-bond donors (Lipinski definition) is 2. The van der Waals surface area contributed by atoms with Gasteiger partial charge in [0.25, 0.3) is 0 Å². The van der Waals surface area contributed by atoms with Crippen molar-refractivity contribution < 1.29 is 28.7 Å². The molecule has 4 rings (SSSR count). The van der Waals surface area contributed by atoms with Crippen molar-refractivity contribution >= 4 is 23.9 Å². The molecule has 1 saturated carbocycles. The van der Waals surface area contributed by atoms with E-state index in [0.717, 1.165) is 36.8 Å². The van der Waals surface area contributed by atoms with Crippen LogP contribution >= 0.6 is 0 Å². The quantitative estimate of drug-likeness (QED) is 0.446. The molecule has 0 bridgehead atoms. The van der Waals surface area contributed by atoms with Gasteiger partial charge in [-0.1, -0.05) is 49.3 Å². The molecule has 0 aromatic heterocycles. The molecule has 9 nitrogen and oxygen atoms in total. The lowest BCUT2D eigenvalue weighted by atomic mass is 9.92. The molecule has 1 aromatic carbocycles. The van der Waals surface area contributed by atoms with Crippen LogP contribution < -0.4 is 10.6 Å². The molecule has 3 amide bonds. The van der Waals surface area contributed by atoms with Crippen molar-refractivity contribution in [2.24, 2.45) is 5.92 Å². The van der Waals surface area contributed by atoms with Gasteiger partial charge in [0.05, 0.1) is 6.61 Å². The number of nitrogens with one attached hydrogen (secondary N) is 2. The zero-order valence-electron chi connectivity index (χ0n) is 23.5. The zero-order valence-corrected chi connectivity index (χ0v) is 23.5. The molecule has 0 saturated heterocycles. The van der Waals surface area contributed by atoms with Crippen molar-refractivity contribution in [1.82, 2.24) is 15.5 Å². The molecule has 2 aliphatic heterocycles.